The molecule has 0 unspecified atom stereocenters. The molecule has 35 heavy (non-hydrogen) atoms. The van der Waals surface area contributed by atoms with Gasteiger partial charge in [-0.15, -0.1) is 0 Å². The van der Waals surface area contributed by atoms with E-state index < -0.39 is 5.97 Å². The molecule has 0 radical (unpaired) electrons. The first-order chi connectivity index (χ1) is 16.9. The highest BCUT2D eigenvalue weighted by Crippen LogP contribution is 2.45. The number of unbranched alkanes of at least 4 members (excludes halogenated alkanes) is 1. The highest BCUT2D eigenvalue weighted by molar-refractivity contribution is 6.30. The van der Waals surface area contributed by atoms with Gasteiger partial charge in [0.15, 0.2) is 5.60 Å². The number of aromatic nitrogens is 2. The van der Waals surface area contributed by atoms with Crippen molar-refractivity contribution in [2.75, 3.05) is 0 Å². The smallest absolute Gasteiger partial charge is 0.303 e. The summed E-state index contributed by atoms with van der Waals surface area (Å²) in [5.74, 6) is -0.282. The fourth-order valence-corrected chi connectivity index (χ4v) is 4.91. The first-order valence-corrected chi connectivity index (χ1v) is 11.9. The summed E-state index contributed by atoms with van der Waals surface area (Å²) < 4.78 is 1.57. The van der Waals surface area contributed by atoms with Gasteiger partial charge in [0, 0.05) is 29.8 Å². The molecule has 1 aliphatic heterocycles. The molecule has 178 valence electrons. The lowest BCUT2D eigenvalue weighted by atomic mass is 9.73. The summed E-state index contributed by atoms with van der Waals surface area (Å²) in [5.41, 5.74) is 2.27. The van der Waals surface area contributed by atoms with Gasteiger partial charge in [-0.05, 0) is 49.2 Å². The number of aliphatic carboxylic acids is 1. The van der Waals surface area contributed by atoms with Crippen LogP contribution in [0, 0.1) is 6.57 Å². The molecule has 8 nitrogen and oxygen atoms in total. The summed E-state index contributed by atoms with van der Waals surface area (Å²) in [6.07, 6.45) is 3.60. The molecule has 1 saturated carbocycles. The molecule has 3 aromatic rings. The molecule has 1 aliphatic carbocycles. The van der Waals surface area contributed by atoms with Gasteiger partial charge in [0.2, 0.25) is 6.04 Å². The van der Waals surface area contributed by atoms with Crippen LogP contribution >= 0.6 is 11.6 Å². The summed E-state index contributed by atoms with van der Waals surface area (Å²) in [6, 6.07) is 12.5. The number of halogens is 1. The number of carboxylic acids is 1. The summed E-state index contributed by atoms with van der Waals surface area (Å²) in [5, 5.41) is 14.3. The Morgan fingerprint density at radius 2 is 2.00 bits per heavy atom. The van der Waals surface area contributed by atoms with Gasteiger partial charge in [0.25, 0.3) is 5.56 Å². The lowest BCUT2D eigenvalue weighted by Gasteiger charge is -2.35. The van der Waals surface area contributed by atoms with Crippen molar-refractivity contribution in [1.29, 1.82) is 0 Å². The van der Waals surface area contributed by atoms with Crippen molar-refractivity contribution in [3.8, 4) is 5.69 Å². The normalized spacial score (nSPS) is 20.8. The number of benzene rings is 2. The van der Waals surface area contributed by atoms with E-state index in [4.69, 9.17) is 33.1 Å². The summed E-state index contributed by atoms with van der Waals surface area (Å²) in [7, 11) is 0. The minimum Gasteiger partial charge on any atom is -0.481 e. The number of oxime groups is 1. The van der Waals surface area contributed by atoms with E-state index >= 15 is 0 Å². The molecule has 0 amide bonds. The van der Waals surface area contributed by atoms with Gasteiger partial charge in [-0.1, -0.05) is 22.8 Å². The maximum atomic E-state index is 13.5. The van der Waals surface area contributed by atoms with Gasteiger partial charge in [-0.25, -0.2) is 11.6 Å². The molecule has 2 aliphatic rings. The second-order valence-corrected chi connectivity index (χ2v) is 9.59. The quantitative estimate of drug-likeness (QED) is 0.379. The molecule has 1 N–H and O–H groups in total. The van der Waals surface area contributed by atoms with E-state index in [0.29, 0.717) is 66.0 Å². The van der Waals surface area contributed by atoms with E-state index in [-0.39, 0.29) is 23.6 Å². The van der Waals surface area contributed by atoms with E-state index in [2.05, 4.69) is 10.0 Å². The molecular formula is C26H23ClN4O4. The standard InChI is InChI=1S/C26H23ClN4O4/c1-28-18-13-26(14-18)15-22(30-35-26)16-6-11-20-21(12-16)29-23(4-2-3-5-24(32)33)31(25(20)34)19-9-7-17(27)8-10-19/h6-12,18H,2-5,13-15H2,(H,32,33). The summed E-state index contributed by atoms with van der Waals surface area (Å²) in [6.45, 7) is 7.18. The molecule has 1 aromatic heterocycles. The van der Waals surface area contributed by atoms with Gasteiger partial charge in [-0.3, -0.25) is 14.2 Å². The third-order valence-corrected chi connectivity index (χ3v) is 6.89. The first kappa shape index (κ1) is 23.1. The zero-order valence-electron chi connectivity index (χ0n) is 18.9. The molecule has 0 atom stereocenters. The fraction of sp³-hybridized carbons (Fsp3) is 0.346. The van der Waals surface area contributed by atoms with Gasteiger partial charge < -0.3 is 14.8 Å². The first-order valence-electron chi connectivity index (χ1n) is 11.5. The number of hydrogen-bond acceptors (Lipinski definition) is 5. The Labute approximate surface area is 206 Å². The minimum atomic E-state index is -0.845. The predicted molar refractivity (Wildman–Crippen MR) is 132 cm³/mol. The molecule has 9 heteroatoms. The van der Waals surface area contributed by atoms with Gasteiger partial charge in [0.05, 0.1) is 35.1 Å². The monoisotopic (exact) mass is 490 g/mol. The van der Waals surface area contributed by atoms with Crippen molar-refractivity contribution in [2.24, 2.45) is 5.16 Å². The highest BCUT2D eigenvalue weighted by atomic mass is 35.5. The maximum absolute atomic E-state index is 13.5. The molecule has 2 heterocycles. The van der Waals surface area contributed by atoms with Crippen LogP contribution in [0.2, 0.25) is 5.02 Å². The fourth-order valence-electron chi connectivity index (χ4n) is 4.78. The van der Waals surface area contributed by atoms with Crippen molar-refractivity contribution in [3.63, 3.8) is 0 Å². The lowest BCUT2D eigenvalue weighted by molar-refractivity contribution is -0.137. The molecule has 5 rings (SSSR count). The predicted octanol–water partition coefficient (Wildman–Crippen LogP) is 4.78. The van der Waals surface area contributed by atoms with Gasteiger partial charge in [0.1, 0.15) is 5.82 Å². The Balaban J connectivity index is 1.50. The van der Waals surface area contributed by atoms with E-state index in [1.165, 1.54) is 0 Å². The van der Waals surface area contributed by atoms with Crippen LogP contribution in [-0.4, -0.2) is 38.0 Å². The van der Waals surface area contributed by atoms with Crippen molar-refractivity contribution in [2.45, 2.75) is 56.6 Å². The third-order valence-electron chi connectivity index (χ3n) is 6.63. The number of carbonyl (C=O) groups is 1. The SMILES string of the molecule is [C-]#[N+]C1CC2(CC(c3ccc4c(=O)n(-c5ccc(Cl)cc5)c(CCCCC(=O)O)nc4c3)=NO2)C1. The molecule has 1 fully saturated rings. The van der Waals surface area contributed by atoms with Crippen LogP contribution in [0.15, 0.2) is 52.4 Å². The Kier molecular flexibility index (Phi) is 6.03. The number of hydrogen-bond donors (Lipinski definition) is 1. The molecule has 0 bridgehead atoms. The van der Waals surface area contributed by atoms with E-state index in [1.54, 1.807) is 34.9 Å². The van der Waals surface area contributed by atoms with Crippen LogP contribution in [0.5, 0.6) is 0 Å². The van der Waals surface area contributed by atoms with Crippen molar-refractivity contribution in [3.05, 3.63) is 80.6 Å². The van der Waals surface area contributed by atoms with Crippen LogP contribution < -0.4 is 5.56 Å². The van der Waals surface area contributed by atoms with Crippen LogP contribution in [0.3, 0.4) is 0 Å². The zero-order valence-corrected chi connectivity index (χ0v) is 19.7. The van der Waals surface area contributed by atoms with E-state index in [1.807, 2.05) is 12.1 Å². The molecule has 1 spiro atoms. The van der Waals surface area contributed by atoms with Crippen LogP contribution in [0.25, 0.3) is 21.4 Å². The topological polar surface area (TPSA) is 98.1 Å². The Hall–Kier alpha value is -3.70. The van der Waals surface area contributed by atoms with E-state index in [0.717, 1.165) is 11.3 Å². The van der Waals surface area contributed by atoms with Crippen molar-refractivity contribution < 1.29 is 14.7 Å². The molecule has 0 saturated heterocycles. The van der Waals surface area contributed by atoms with Crippen molar-refractivity contribution in [1.82, 2.24) is 9.55 Å². The summed E-state index contributed by atoms with van der Waals surface area (Å²) in [4.78, 5) is 38.6. The average Bonchev–Trinajstić information content (AvgIpc) is 3.27. The number of rotatable bonds is 7. The Morgan fingerprint density at radius 3 is 2.71 bits per heavy atom. The minimum absolute atomic E-state index is 0.00200. The number of carboxylic acid groups (broad SMARTS) is 1. The van der Waals surface area contributed by atoms with Gasteiger partial charge >= 0.3 is 5.97 Å². The maximum Gasteiger partial charge on any atom is 0.303 e. The number of nitrogens with zero attached hydrogens (tertiary/aromatic N) is 4. The number of fused-ring (bicyclic) bond motifs is 1. The summed E-state index contributed by atoms with van der Waals surface area (Å²) >= 11 is 6.04. The molecular weight excluding hydrogens is 468 g/mol. The third kappa shape index (κ3) is 4.52. The highest BCUT2D eigenvalue weighted by Gasteiger charge is 2.54. The van der Waals surface area contributed by atoms with Crippen LogP contribution in [0.4, 0.5) is 0 Å². The zero-order chi connectivity index (χ0) is 24.6. The lowest BCUT2D eigenvalue weighted by Crippen LogP contribution is -2.45. The number of aryl methyl sites for hydroxylation is 1. The van der Waals surface area contributed by atoms with Crippen LogP contribution in [0.1, 0.15) is 49.9 Å². The Morgan fingerprint density at radius 1 is 1.23 bits per heavy atom. The second-order valence-electron chi connectivity index (χ2n) is 9.16. The second kappa shape index (κ2) is 9.16. The average molecular weight is 491 g/mol. The van der Waals surface area contributed by atoms with Crippen molar-refractivity contribution >= 4 is 34.2 Å². The molecule has 2 aromatic carbocycles. The van der Waals surface area contributed by atoms with Crippen LogP contribution in [-0.2, 0) is 16.1 Å². The largest absolute Gasteiger partial charge is 0.481 e. The van der Waals surface area contributed by atoms with Gasteiger partial charge in [-0.2, -0.15) is 0 Å². The Bertz CT molecular complexity index is 1430. The van der Waals surface area contributed by atoms with E-state index in [9.17, 15) is 9.59 Å².